The van der Waals surface area contributed by atoms with Crippen molar-refractivity contribution in [2.24, 2.45) is 0 Å². The molecule has 0 radical (unpaired) electrons. The first-order valence-corrected chi connectivity index (χ1v) is 8.32. The summed E-state index contributed by atoms with van der Waals surface area (Å²) in [6.07, 6.45) is 5.29. The Morgan fingerprint density at radius 3 is 3.00 bits per heavy atom. The van der Waals surface area contributed by atoms with Crippen molar-refractivity contribution in [1.82, 2.24) is 15.2 Å². The van der Waals surface area contributed by atoms with E-state index in [4.69, 9.17) is 4.74 Å². The first-order valence-electron chi connectivity index (χ1n) is 8.32. The van der Waals surface area contributed by atoms with Crippen LogP contribution in [0.2, 0.25) is 0 Å². The predicted octanol–water partition coefficient (Wildman–Crippen LogP) is 2.78. The van der Waals surface area contributed by atoms with Gasteiger partial charge in [-0.2, -0.15) is 0 Å². The average molecular weight is 325 g/mol. The van der Waals surface area contributed by atoms with E-state index in [0.29, 0.717) is 19.7 Å². The van der Waals surface area contributed by atoms with E-state index in [1.165, 1.54) is 11.1 Å². The number of nitrogens with one attached hydrogen (secondary N) is 1. The van der Waals surface area contributed by atoms with E-state index in [1.54, 1.807) is 13.3 Å². The van der Waals surface area contributed by atoms with Crippen LogP contribution >= 0.6 is 0 Å². The number of pyridine rings is 1. The normalized spacial score (nSPS) is 16.5. The smallest absolute Gasteiger partial charge is 0.318 e. The Morgan fingerprint density at radius 1 is 1.33 bits per heavy atom. The number of fused-ring (bicyclic) bond motifs is 1. The summed E-state index contributed by atoms with van der Waals surface area (Å²) in [5.41, 5.74) is 3.52. The monoisotopic (exact) mass is 325 g/mol. The van der Waals surface area contributed by atoms with Crippen molar-refractivity contribution < 1.29 is 9.53 Å². The van der Waals surface area contributed by atoms with E-state index in [0.717, 1.165) is 18.4 Å². The van der Waals surface area contributed by atoms with E-state index < -0.39 is 0 Å². The SMILES string of the molecule is COCCCNC(=O)N1CCc2ccccc2C1c1cccnc1. The van der Waals surface area contributed by atoms with E-state index in [2.05, 4.69) is 28.5 Å². The minimum Gasteiger partial charge on any atom is -0.385 e. The Kier molecular flexibility index (Phi) is 5.43. The Bertz CT molecular complexity index is 675. The zero-order chi connectivity index (χ0) is 16.8. The van der Waals surface area contributed by atoms with Gasteiger partial charge in [0.2, 0.25) is 0 Å². The number of hydrogen-bond acceptors (Lipinski definition) is 3. The number of benzene rings is 1. The third kappa shape index (κ3) is 3.57. The highest BCUT2D eigenvalue weighted by Gasteiger charge is 2.31. The number of rotatable bonds is 5. The minimum atomic E-state index is -0.0916. The van der Waals surface area contributed by atoms with Crippen LogP contribution in [0, 0.1) is 0 Å². The molecule has 24 heavy (non-hydrogen) atoms. The Balaban J connectivity index is 1.84. The first-order chi connectivity index (χ1) is 11.8. The number of urea groups is 1. The lowest BCUT2D eigenvalue weighted by atomic mass is 9.89. The number of nitrogens with zero attached hydrogens (tertiary/aromatic N) is 2. The van der Waals surface area contributed by atoms with Gasteiger partial charge in [0.1, 0.15) is 0 Å². The van der Waals surface area contributed by atoms with Crippen molar-refractivity contribution in [2.75, 3.05) is 26.8 Å². The lowest BCUT2D eigenvalue weighted by Gasteiger charge is -2.37. The Morgan fingerprint density at radius 2 is 2.21 bits per heavy atom. The molecular weight excluding hydrogens is 302 g/mol. The van der Waals surface area contributed by atoms with Crippen LogP contribution in [-0.2, 0) is 11.2 Å². The van der Waals surface area contributed by atoms with Crippen molar-refractivity contribution in [2.45, 2.75) is 18.9 Å². The molecule has 0 fully saturated rings. The molecule has 2 amide bonds. The molecule has 1 N–H and O–H groups in total. The third-order valence-corrected chi connectivity index (χ3v) is 4.35. The van der Waals surface area contributed by atoms with Crippen LogP contribution < -0.4 is 5.32 Å². The molecule has 1 aromatic heterocycles. The van der Waals surface area contributed by atoms with Crippen LogP contribution in [0.1, 0.15) is 29.2 Å². The molecular formula is C19H23N3O2. The Labute approximate surface area is 142 Å². The summed E-state index contributed by atoms with van der Waals surface area (Å²) in [7, 11) is 1.67. The highest BCUT2D eigenvalue weighted by atomic mass is 16.5. The predicted molar refractivity (Wildman–Crippen MR) is 92.8 cm³/mol. The molecule has 1 aliphatic heterocycles. The molecule has 1 unspecified atom stereocenters. The van der Waals surface area contributed by atoms with Gasteiger partial charge in [-0.15, -0.1) is 0 Å². The van der Waals surface area contributed by atoms with Crippen LogP contribution in [0.25, 0.3) is 0 Å². The lowest BCUT2D eigenvalue weighted by molar-refractivity contribution is 0.174. The fraction of sp³-hybridized carbons (Fsp3) is 0.368. The van der Waals surface area contributed by atoms with Crippen LogP contribution in [0.3, 0.4) is 0 Å². The summed E-state index contributed by atoms with van der Waals surface area (Å²) in [6.45, 7) is 1.96. The number of carbonyl (C=O) groups is 1. The topological polar surface area (TPSA) is 54.5 Å². The second kappa shape index (κ2) is 7.93. The standard InChI is InChI=1S/C19H23N3O2/c1-24-13-5-11-21-19(23)22-12-9-15-6-2-3-8-17(15)18(22)16-7-4-10-20-14-16/h2-4,6-8,10,14,18H,5,9,11-13H2,1H3,(H,21,23). The summed E-state index contributed by atoms with van der Waals surface area (Å²) in [5.74, 6) is 0. The minimum absolute atomic E-state index is 0.0329. The summed E-state index contributed by atoms with van der Waals surface area (Å²) in [6, 6.07) is 12.2. The Hall–Kier alpha value is -2.40. The van der Waals surface area contributed by atoms with Gasteiger partial charge < -0.3 is 15.0 Å². The van der Waals surface area contributed by atoms with Gasteiger partial charge in [0.15, 0.2) is 0 Å². The molecule has 0 saturated heterocycles. The molecule has 1 aliphatic rings. The molecule has 0 spiro atoms. The lowest BCUT2D eigenvalue weighted by Crippen LogP contribution is -2.46. The van der Waals surface area contributed by atoms with Crippen LogP contribution in [0.5, 0.6) is 0 Å². The van der Waals surface area contributed by atoms with Crippen LogP contribution in [0.4, 0.5) is 4.79 Å². The summed E-state index contributed by atoms with van der Waals surface area (Å²) in [4.78, 5) is 18.9. The molecule has 5 nitrogen and oxygen atoms in total. The molecule has 0 saturated carbocycles. The van der Waals surface area contributed by atoms with E-state index in [-0.39, 0.29) is 12.1 Å². The number of methoxy groups -OCH3 is 1. The third-order valence-electron chi connectivity index (χ3n) is 4.35. The highest BCUT2D eigenvalue weighted by molar-refractivity contribution is 5.76. The van der Waals surface area contributed by atoms with E-state index >= 15 is 0 Å². The van der Waals surface area contributed by atoms with E-state index in [9.17, 15) is 4.79 Å². The molecule has 1 aromatic carbocycles. The van der Waals surface area contributed by atoms with Crippen LogP contribution in [-0.4, -0.2) is 42.7 Å². The van der Waals surface area contributed by atoms with Crippen molar-refractivity contribution in [1.29, 1.82) is 0 Å². The number of ether oxygens (including phenoxy) is 1. The maximum Gasteiger partial charge on any atom is 0.318 e. The van der Waals surface area contributed by atoms with E-state index in [1.807, 2.05) is 29.3 Å². The van der Waals surface area contributed by atoms with Gasteiger partial charge in [-0.25, -0.2) is 4.79 Å². The second-order valence-electron chi connectivity index (χ2n) is 5.91. The fourth-order valence-electron chi connectivity index (χ4n) is 3.20. The van der Waals surface area contributed by atoms with Gasteiger partial charge in [0, 0.05) is 39.2 Å². The average Bonchev–Trinajstić information content (AvgIpc) is 2.65. The number of aromatic nitrogens is 1. The van der Waals surface area contributed by atoms with Gasteiger partial charge in [-0.05, 0) is 35.6 Å². The number of amides is 2. The first kappa shape index (κ1) is 16.5. The number of hydrogen-bond donors (Lipinski definition) is 1. The zero-order valence-electron chi connectivity index (χ0n) is 13.9. The molecule has 0 bridgehead atoms. The molecule has 2 aromatic rings. The largest absolute Gasteiger partial charge is 0.385 e. The van der Waals surface area contributed by atoms with Crippen molar-refractivity contribution in [3.63, 3.8) is 0 Å². The molecule has 3 rings (SSSR count). The van der Waals surface area contributed by atoms with Gasteiger partial charge in [-0.1, -0.05) is 30.3 Å². The molecule has 5 heteroatoms. The molecule has 0 aliphatic carbocycles. The maximum absolute atomic E-state index is 12.7. The maximum atomic E-state index is 12.7. The molecule has 1 atom stereocenters. The van der Waals surface area contributed by atoms with Gasteiger partial charge in [0.05, 0.1) is 6.04 Å². The summed E-state index contributed by atoms with van der Waals surface area (Å²) in [5, 5.41) is 3.00. The van der Waals surface area contributed by atoms with Gasteiger partial charge in [0.25, 0.3) is 0 Å². The quantitative estimate of drug-likeness (QED) is 0.860. The van der Waals surface area contributed by atoms with Gasteiger partial charge >= 0.3 is 6.03 Å². The zero-order valence-corrected chi connectivity index (χ0v) is 13.9. The van der Waals surface area contributed by atoms with Crippen LogP contribution in [0.15, 0.2) is 48.8 Å². The van der Waals surface area contributed by atoms with Crippen molar-refractivity contribution >= 4 is 6.03 Å². The number of carbonyl (C=O) groups excluding carboxylic acids is 1. The fourth-order valence-corrected chi connectivity index (χ4v) is 3.20. The molecule has 126 valence electrons. The van der Waals surface area contributed by atoms with Crippen molar-refractivity contribution in [3.05, 3.63) is 65.5 Å². The highest BCUT2D eigenvalue weighted by Crippen LogP contribution is 2.34. The summed E-state index contributed by atoms with van der Waals surface area (Å²) >= 11 is 0. The van der Waals surface area contributed by atoms with Crippen molar-refractivity contribution in [3.8, 4) is 0 Å². The summed E-state index contributed by atoms with van der Waals surface area (Å²) < 4.78 is 5.03. The second-order valence-corrected chi connectivity index (χ2v) is 5.91. The van der Waals surface area contributed by atoms with Gasteiger partial charge in [-0.3, -0.25) is 4.98 Å². The molecule has 2 heterocycles.